The number of unbranched alkanes of at least 4 members (excludes halogenated alkanes) is 3. The summed E-state index contributed by atoms with van der Waals surface area (Å²) in [5.41, 5.74) is 1.17. The molecule has 0 spiro atoms. The van der Waals surface area contributed by atoms with Gasteiger partial charge in [0.05, 0.1) is 0 Å². The van der Waals surface area contributed by atoms with Crippen LogP contribution in [0, 0.1) is 0 Å². The van der Waals surface area contributed by atoms with Crippen LogP contribution >= 0.6 is 6.83 Å². The second kappa shape index (κ2) is 12.2. The van der Waals surface area contributed by atoms with Crippen LogP contribution < -0.4 is 4.74 Å². The van der Waals surface area contributed by atoms with Gasteiger partial charge in [-0.25, -0.2) is 0 Å². The van der Waals surface area contributed by atoms with Crippen molar-refractivity contribution in [2.45, 2.75) is 70.4 Å². The fourth-order valence-electron chi connectivity index (χ4n) is 4.57. The minimum atomic E-state index is -4.00. The van der Waals surface area contributed by atoms with E-state index in [1.54, 1.807) is 24.3 Å². The Labute approximate surface area is 195 Å². The molecule has 0 aliphatic carbocycles. The third kappa shape index (κ3) is 6.79. The molecule has 0 atom stereocenters. The van der Waals surface area contributed by atoms with Crippen molar-refractivity contribution in [3.05, 3.63) is 60.2 Å². The Kier molecular flexibility index (Phi) is 10.2. The Balaban J connectivity index is 2.68. The zero-order chi connectivity index (χ0) is 23.5. The van der Waals surface area contributed by atoms with E-state index in [0.29, 0.717) is 11.9 Å². The molecule has 6 heteroatoms. The van der Waals surface area contributed by atoms with E-state index in [4.69, 9.17) is 8.71 Å². The summed E-state index contributed by atoms with van der Waals surface area (Å²) < 4.78 is 39.8. The summed E-state index contributed by atoms with van der Waals surface area (Å²) in [5, 5.41) is 0. The number of para-hydroxylation sites is 1. The summed E-state index contributed by atoms with van der Waals surface area (Å²) in [6.45, 7) is 3.35. The second-order valence-electron chi connectivity index (χ2n) is 8.91. The first-order chi connectivity index (χ1) is 15.3. The number of benzene rings is 2. The van der Waals surface area contributed by atoms with Crippen LogP contribution in [-0.2, 0) is 20.3 Å². The van der Waals surface area contributed by atoms with Gasteiger partial charge in [0, 0.05) is 0 Å². The zero-order valence-electron chi connectivity index (χ0n) is 20.3. The van der Waals surface area contributed by atoms with Crippen molar-refractivity contribution in [1.82, 2.24) is 0 Å². The number of ether oxygens (including phenoxy) is 1. The fourth-order valence-corrected chi connectivity index (χ4v) is 14.5. The monoisotopic (exact) mass is 480 g/mol. The molecule has 2 aromatic carbocycles. The molecular weight excluding hydrogens is 439 g/mol. The fraction of sp³-hybridized carbons (Fsp3) is 0.538. The van der Waals surface area contributed by atoms with Crippen molar-refractivity contribution in [1.29, 1.82) is 0 Å². The molecule has 0 saturated heterocycles. The maximum atomic E-state index is 13.8. The van der Waals surface area contributed by atoms with E-state index in [-0.39, 0.29) is 4.90 Å². The summed E-state index contributed by atoms with van der Waals surface area (Å²) >= 11 is 0. The molecule has 180 valence electrons. The van der Waals surface area contributed by atoms with Crippen LogP contribution in [0.15, 0.2) is 59.5 Å². The van der Waals surface area contributed by atoms with Gasteiger partial charge < -0.3 is 0 Å². The number of hydrogen-bond acceptors (Lipinski definition) is 4. The minimum absolute atomic E-state index is 0.133. The van der Waals surface area contributed by atoms with Crippen molar-refractivity contribution in [3.8, 4) is 5.75 Å². The number of methoxy groups -OCH3 is 1. The molecule has 0 aliphatic heterocycles. The molecule has 0 unspecified atom stereocenters. The summed E-state index contributed by atoms with van der Waals surface area (Å²) in [6.07, 6.45) is 9.19. The molecular formula is C26H41O4PS. The molecule has 0 N–H and O–H groups in total. The zero-order valence-corrected chi connectivity index (χ0v) is 22.0. The van der Waals surface area contributed by atoms with Crippen molar-refractivity contribution in [2.75, 3.05) is 25.6 Å². The molecule has 2 aromatic rings. The predicted octanol–water partition coefficient (Wildman–Crippen LogP) is 7.47. The summed E-state index contributed by atoms with van der Waals surface area (Å²) in [5.74, 6) is 0.338. The van der Waals surface area contributed by atoms with Gasteiger partial charge in [0.2, 0.25) is 0 Å². The van der Waals surface area contributed by atoms with Crippen LogP contribution in [0.1, 0.15) is 64.9 Å². The summed E-state index contributed by atoms with van der Waals surface area (Å²) in [7, 11) is -2.49. The van der Waals surface area contributed by atoms with Crippen LogP contribution in [0.2, 0.25) is 0 Å². The van der Waals surface area contributed by atoms with Gasteiger partial charge >= 0.3 is 196 Å². The van der Waals surface area contributed by atoms with Crippen LogP contribution in [-0.4, -0.2) is 34.0 Å². The standard InChI is InChI=1S/C26H41O4PS/c1-5-8-20-31(21-9-6-2,22-10-7-3,23-24-16-12-11-13-17-24)30-32(27,28)26-19-15-14-18-25(26)29-4/h11-19H,5-10,20-23H2,1-4H3. The third-order valence-electron chi connectivity index (χ3n) is 6.30. The first kappa shape index (κ1) is 26.8. The predicted molar refractivity (Wildman–Crippen MR) is 138 cm³/mol. The van der Waals surface area contributed by atoms with Crippen LogP contribution in [0.4, 0.5) is 0 Å². The van der Waals surface area contributed by atoms with Crippen molar-refractivity contribution < 1.29 is 17.1 Å². The van der Waals surface area contributed by atoms with E-state index in [1.807, 2.05) is 18.2 Å². The van der Waals surface area contributed by atoms with Gasteiger partial charge in [0.1, 0.15) is 0 Å². The molecule has 0 bridgehead atoms. The van der Waals surface area contributed by atoms with Crippen molar-refractivity contribution in [3.63, 3.8) is 0 Å². The molecule has 0 amide bonds. The third-order valence-corrected chi connectivity index (χ3v) is 15.2. The van der Waals surface area contributed by atoms with E-state index in [1.165, 1.54) is 12.7 Å². The van der Waals surface area contributed by atoms with Gasteiger partial charge in [-0.2, -0.15) is 0 Å². The SMILES string of the molecule is CCCCP(CCCC)(CCCC)(Cc1ccccc1)OS(=O)(=O)c1ccccc1OC. The Morgan fingerprint density at radius 1 is 0.750 bits per heavy atom. The van der Waals surface area contributed by atoms with Gasteiger partial charge in [0.15, 0.2) is 0 Å². The average molecular weight is 481 g/mol. The molecule has 0 fully saturated rings. The molecule has 0 radical (unpaired) electrons. The Morgan fingerprint density at radius 3 is 1.75 bits per heavy atom. The van der Waals surface area contributed by atoms with E-state index >= 15 is 0 Å². The summed E-state index contributed by atoms with van der Waals surface area (Å²) in [4.78, 5) is 0.133. The van der Waals surface area contributed by atoms with Gasteiger partial charge in [-0.05, 0) is 0 Å². The van der Waals surface area contributed by atoms with Gasteiger partial charge in [-0.3, -0.25) is 0 Å². The first-order valence-corrected chi connectivity index (χ1v) is 16.3. The van der Waals surface area contributed by atoms with Crippen LogP contribution in [0.25, 0.3) is 0 Å². The quantitative estimate of drug-likeness (QED) is 0.248. The van der Waals surface area contributed by atoms with E-state index in [0.717, 1.165) is 57.0 Å². The summed E-state index contributed by atoms with van der Waals surface area (Å²) in [6, 6.07) is 17.1. The molecule has 0 aliphatic rings. The van der Waals surface area contributed by atoms with E-state index in [9.17, 15) is 8.42 Å². The topological polar surface area (TPSA) is 52.6 Å². The van der Waals surface area contributed by atoms with Crippen LogP contribution in [0.5, 0.6) is 5.75 Å². The molecule has 0 saturated carbocycles. The van der Waals surface area contributed by atoms with Gasteiger partial charge in [0.25, 0.3) is 0 Å². The maximum absolute atomic E-state index is 13.8. The Morgan fingerprint density at radius 2 is 1.25 bits per heavy atom. The van der Waals surface area contributed by atoms with E-state index in [2.05, 4.69) is 32.9 Å². The Bertz CT molecular complexity index is 903. The van der Waals surface area contributed by atoms with Crippen molar-refractivity contribution >= 4 is 16.9 Å². The van der Waals surface area contributed by atoms with Gasteiger partial charge in [-0.1, -0.05) is 0 Å². The molecule has 0 aromatic heterocycles. The van der Waals surface area contributed by atoms with Crippen LogP contribution in [0.3, 0.4) is 0 Å². The van der Waals surface area contributed by atoms with Crippen molar-refractivity contribution in [2.24, 2.45) is 0 Å². The molecule has 4 nitrogen and oxygen atoms in total. The van der Waals surface area contributed by atoms with Gasteiger partial charge in [-0.15, -0.1) is 0 Å². The number of rotatable bonds is 15. The molecule has 0 heterocycles. The molecule has 2 rings (SSSR count). The molecule has 32 heavy (non-hydrogen) atoms. The first-order valence-electron chi connectivity index (χ1n) is 12.0. The normalized spacial score (nSPS) is 13.4. The number of hydrogen-bond donors (Lipinski definition) is 0. The average Bonchev–Trinajstić information content (AvgIpc) is 2.81. The Hall–Kier alpha value is -1.42. The second-order valence-corrected chi connectivity index (χ2v) is 16.2. The van der Waals surface area contributed by atoms with E-state index < -0.39 is 16.9 Å².